The van der Waals surface area contributed by atoms with Crippen molar-refractivity contribution in [2.24, 2.45) is 0 Å². The lowest BCUT2D eigenvalue weighted by atomic mass is 10.0. The number of nitrogens with zero attached hydrogens (tertiary/aromatic N) is 2. The summed E-state index contributed by atoms with van der Waals surface area (Å²) in [5.74, 6) is -0.0689. The molecule has 0 saturated heterocycles. The minimum absolute atomic E-state index is 0.0125. The van der Waals surface area contributed by atoms with Gasteiger partial charge >= 0.3 is 11.9 Å². The highest BCUT2D eigenvalue weighted by atomic mass is 16.5. The predicted molar refractivity (Wildman–Crippen MR) is 218 cm³/mol. The van der Waals surface area contributed by atoms with Crippen LogP contribution in [0.4, 0.5) is 0 Å². The summed E-state index contributed by atoms with van der Waals surface area (Å²) in [6, 6.07) is 0. The Bertz CT molecular complexity index is 808. The maximum Gasteiger partial charge on any atom is 0.306 e. The Morgan fingerprint density at radius 1 is 0.549 bits per heavy atom. The van der Waals surface area contributed by atoms with E-state index >= 15 is 0 Å². The van der Waals surface area contributed by atoms with E-state index < -0.39 is 0 Å². The number of carbonyl (C=O) groups excluding carboxylic acids is 2. The molecule has 0 aliphatic carbocycles. The quantitative estimate of drug-likeness (QED) is 0.0273. The van der Waals surface area contributed by atoms with E-state index in [4.69, 9.17) is 16.0 Å². The summed E-state index contributed by atoms with van der Waals surface area (Å²) in [4.78, 5) is 30.7. The van der Waals surface area contributed by atoms with Crippen LogP contribution < -0.4 is 0 Å². The predicted octanol–water partition coefficient (Wildman–Crippen LogP) is 13.4. The van der Waals surface area contributed by atoms with Crippen molar-refractivity contribution in [3.8, 4) is 0 Å². The molecule has 0 saturated carbocycles. The summed E-state index contributed by atoms with van der Waals surface area (Å²) in [6.07, 6.45) is 39.8. The third kappa shape index (κ3) is 37.7. The SMILES string of the molecule is [C-]#[N+]CCN(CCCCCCCC(=O)OC/C=C\CCCCCC)CCCCCCCC(=O)OC(CCCCCCCC)CCCCCCCC. The molecule has 0 bridgehead atoms. The molecule has 0 heterocycles. The fourth-order valence-electron chi connectivity index (χ4n) is 6.70. The standard InChI is InChI=1S/C45H84N2O4/c1-5-8-11-14-17-26-33-42-50-44(48)36-29-22-18-24-31-39-47(41-38-46-4)40-32-25-19-23-30-37-45(49)51-43(34-27-20-15-12-9-6-2)35-28-21-16-13-10-7-3/h26,33,43H,5-25,27-32,34-42H2,1-3H3/b33-26-. The van der Waals surface area contributed by atoms with E-state index in [0.29, 0.717) is 26.0 Å². The second-order valence-corrected chi connectivity index (χ2v) is 15.0. The summed E-state index contributed by atoms with van der Waals surface area (Å²) in [5, 5.41) is 0. The van der Waals surface area contributed by atoms with Crippen LogP contribution >= 0.6 is 0 Å². The van der Waals surface area contributed by atoms with Crippen LogP contribution in [0.25, 0.3) is 4.85 Å². The van der Waals surface area contributed by atoms with E-state index in [9.17, 15) is 9.59 Å². The average molecular weight is 717 g/mol. The highest BCUT2D eigenvalue weighted by Crippen LogP contribution is 2.18. The summed E-state index contributed by atoms with van der Waals surface area (Å²) in [6.45, 7) is 17.9. The first-order valence-corrected chi connectivity index (χ1v) is 22.1. The molecule has 0 aromatic rings. The summed E-state index contributed by atoms with van der Waals surface area (Å²) < 4.78 is 11.4. The number of ether oxygens (including phenoxy) is 2. The minimum Gasteiger partial charge on any atom is -0.462 e. The first-order chi connectivity index (χ1) is 25.1. The maximum atomic E-state index is 12.7. The first kappa shape index (κ1) is 49.1. The summed E-state index contributed by atoms with van der Waals surface area (Å²) in [7, 11) is 0. The Labute approximate surface area is 317 Å². The van der Waals surface area contributed by atoms with E-state index in [2.05, 4.69) is 36.6 Å². The van der Waals surface area contributed by atoms with Gasteiger partial charge in [0.05, 0.1) is 6.54 Å². The van der Waals surface area contributed by atoms with Gasteiger partial charge in [-0.25, -0.2) is 6.57 Å². The summed E-state index contributed by atoms with van der Waals surface area (Å²) in [5.41, 5.74) is 0. The second-order valence-electron chi connectivity index (χ2n) is 15.0. The van der Waals surface area contributed by atoms with Gasteiger partial charge in [-0.2, -0.15) is 0 Å². The number of esters is 2. The second kappa shape index (κ2) is 40.9. The zero-order chi connectivity index (χ0) is 37.3. The van der Waals surface area contributed by atoms with Crippen LogP contribution in [0.3, 0.4) is 0 Å². The van der Waals surface area contributed by atoms with E-state index in [0.717, 1.165) is 90.3 Å². The van der Waals surface area contributed by atoms with Crippen LogP contribution in [0.15, 0.2) is 12.2 Å². The van der Waals surface area contributed by atoms with Crippen molar-refractivity contribution in [3.63, 3.8) is 0 Å². The van der Waals surface area contributed by atoms with Gasteiger partial charge in [0, 0.05) is 12.8 Å². The molecule has 6 nitrogen and oxygen atoms in total. The third-order valence-corrected chi connectivity index (χ3v) is 10.0. The Balaban J connectivity index is 4.06. The molecule has 0 aromatic heterocycles. The molecule has 0 atom stereocenters. The maximum absolute atomic E-state index is 12.7. The van der Waals surface area contributed by atoms with E-state index in [1.807, 2.05) is 6.08 Å². The number of carbonyl (C=O) groups is 2. The van der Waals surface area contributed by atoms with Crippen molar-refractivity contribution in [1.29, 1.82) is 0 Å². The Morgan fingerprint density at radius 2 is 1.00 bits per heavy atom. The van der Waals surface area contributed by atoms with Crippen LogP contribution in [-0.4, -0.2) is 55.7 Å². The molecule has 0 unspecified atom stereocenters. The minimum atomic E-state index is -0.0814. The topological polar surface area (TPSA) is 60.2 Å². The van der Waals surface area contributed by atoms with Crippen LogP contribution in [-0.2, 0) is 19.1 Å². The molecule has 6 heteroatoms. The highest BCUT2D eigenvalue weighted by Gasteiger charge is 2.14. The Kier molecular flexibility index (Phi) is 39.4. The monoisotopic (exact) mass is 717 g/mol. The number of hydrogen-bond donors (Lipinski definition) is 0. The zero-order valence-electron chi connectivity index (χ0n) is 34.2. The van der Waals surface area contributed by atoms with Gasteiger partial charge in [0.15, 0.2) is 0 Å². The number of hydrogen-bond acceptors (Lipinski definition) is 5. The van der Waals surface area contributed by atoms with Gasteiger partial charge in [-0.05, 0) is 77.3 Å². The van der Waals surface area contributed by atoms with Crippen LogP contribution in [0.2, 0.25) is 0 Å². The molecule has 0 rings (SSSR count). The molecule has 0 N–H and O–H groups in total. The molecule has 0 aromatic carbocycles. The van der Waals surface area contributed by atoms with Crippen molar-refractivity contribution in [2.75, 3.05) is 32.8 Å². The molecule has 0 radical (unpaired) electrons. The van der Waals surface area contributed by atoms with E-state index in [-0.39, 0.29) is 18.0 Å². The van der Waals surface area contributed by atoms with Gasteiger partial charge in [-0.3, -0.25) is 14.5 Å². The fourth-order valence-corrected chi connectivity index (χ4v) is 6.70. The third-order valence-electron chi connectivity index (χ3n) is 10.0. The average Bonchev–Trinajstić information content (AvgIpc) is 3.13. The molecule has 298 valence electrons. The van der Waals surface area contributed by atoms with E-state index in [1.54, 1.807) is 0 Å². The molecule has 0 amide bonds. The van der Waals surface area contributed by atoms with Gasteiger partial charge in [0.25, 0.3) is 0 Å². The highest BCUT2D eigenvalue weighted by molar-refractivity contribution is 5.69. The molecular formula is C45H84N2O4. The van der Waals surface area contributed by atoms with Crippen LogP contribution in [0.1, 0.15) is 220 Å². The molecule has 0 aliphatic heterocycles. The Hall–Kier alpha value is -1.87. The number of unbranched alkanes of at least 4 members (excludes halogenated alkanes) is 22. The van der Waals surface area contributed by atoms with Crippen molar-refractivity contribution < 1.29 is 19.1 Å². The largest absolute Gasteiger partial charge is 0.462 e. The molecule has 0 aliphatic rings. The molecule has 51 heavy (non-hydrogen) atoms. The fraction of sp³-hybridized carbons (Fsp3) is 0.889. The van der Waals surface area contributed by atoms with Crippen LogP contribution in [0.5, 0.6) is 0 Å². The van der Waals surface area contributed by atoms with Gasteiger partial charge in [-0.1, -0.05) is 155 Å². The molecule has 0 spiro atoms. The van der Waals surface area contributed by atoms with Crippen LogP contribution in [0, 0.1) is 6.57 Å². The van der Waals surface area contributed by atoms with Gasteiger partial charge < -0.3 is 14.3 Å². The van der Waals surface area contributed by atoms with Gasteiger partial charge in [0.2, 0.25) is 6.54 Å². The van der Waals surface area contributed by atoms with Gasteiger partial charge in [0.1, 0.15) is 12.7 Å². The van der Waals surface area contributed by atoms with Crippen molar-refractivity contribution >= 4 is 11.9 Å². The lowest BCUT2D eigenvalue weighted by Crippen LogP contribution is -2.28. The first-order valence-electron chi connectivity index (χ1n) is 22.1. The Morgan fingerprint density at radius 3 is 1.53 bits per heavy atom. The number of rotatable bonds is 40. The normalized spacial score (nSPS) is 11.5. The lowest BCUT2D eigenvalue weighted by molar-refractivity contribution is -0.150. The van der Waals surface area contributed by atoms with E-state index in [1.165, 1.54) is 116 Å². The lowest BCUT2D eigenvalue weighted by Gasteiger charge is -2.20. The van der Waals surface area contributed by atoms with Crippen molar-refractivity contribution in [3.05, 3.63) is 23.6 Å². The molecule has 0 fully saturated rings. The zero-order valence-corrected chi connectivity index (χ0v) is 34.2. The summed E-state index contributed by atoms with van der Waals surface area (Å²) >= 11 is 0. The van der Waals surface area contributed by atoms with Crippen molar-refractivity contribution in [1.82, 2.24) is 4.90 Å². The molecular weight excluding hydrogens is 633 g/mol. The van der Waals surface area contributed by atoms with Crippen molar-refractivity contribution in [2.45, 2.75) is 226 Å². The number of allylic oxidation sites excluding steroid dienone is 1. The smallest absolute Gasteiger partial charge is 0.306 e. The van der Waals surface area contributed by atoms with Gasteiger partial charge in [-0.15, -0.1) is 0 Å².